The first-order valence-electron chi connectivity index (χ1n) is 9.07. The van der Waals surface area contributed by atoms with Gasteiger partial charge in [-0.1, -0.05) is 41.9 Å². The summed E-state index contributed by atoms with van der Waals surface area (Å²) in [6.07, 6.45) is 2.03. The Morgan fingerprint density at radius 1 is 1.23 bits per heavy atom. The molecule has 0 aliphatic carbocycles. The number of nitrogens with zero attached hydrogens (tertiary/aromatic N) is 2. The van der Waals surface area contributed by atoms with Gasteiger partial charge in [0.05, 0.1) is 10.9 Å². The lowest BCUT2D eigenvalue weighted by Gasteiger charge is -2.32. The Kier molecular flexibility index (Phi) is 7.08. The van der Waals surface area contributed by atoms with Crippen molar-refractivity contribution in [1.29, 1.82) is 0 Å². The molecule has 1 fully saturated rings. The van der Waals surface area contributed by atoms with E-state index < -0.39 is 0 Å². The maximum absolute atomic E-state index is 12.3. The number of hydrogen-bond donors (Lipinski definition) is 1. The summed E-state index contributed by atoms with van der Waals surface area (Å²) in [5.41, 5.74) is 1.35. The molecule has 1 saturated heterocycles. The van der Waals surface area contributed by atoms with Crippen LogP contribution in [0.4, 0.5) is 0 Å². The van der Waals surface area contributed by atoms with Gasteiger partial charge in [-0.2, -0.15) is 0 Å². The van der Waals surface area contributed by atoms with E-state index in [9.17, 15) is 4.79 Å². The Balaban J connectivity index is 1.36. The second kappa shape index (κ2) is 9.51. The third kappa shape index (κ3) is 6.09. The van der Waals surface area contributed by atoms with Crippen LogP contribution in [-0.4, -0.2) is 48.4 Å². The first kappa shape index (κ1) is 19.4. The van der Waals surface area contributed by atoms with Crippen LogP contribution in [0.3, 0.4) is 0 Å². The van der Waals surface area contributed by atoms with Crippen molar-refractivity contribution in [3.05, 3.63) is 57.2 Å². The van der Waals surface area contributed by atoms with Gasteiger partial charge in [0.15, 0.2) is 0 Å². The molecule has 1 amide bonds. The number of carbonyl (C=O) groups is 1. The molecule has 4 nitrogen and oxygen atoms in total. The highest BCUT2D eigenvalue weighted by Gasteiger charge is 2.21. The molecule has 140 valence electrons. The van der Waals surface area contributed by atoms with Crippen molar-refractivity contribution in [2.24, 2.45) is 0 Å². The zero-order chi connectivity index (χ0) is 18.4. The number of piperidine rings is 1. The molecule has 3 rings (SSSR count). The number of carbonyl (C=O) groups excluding carboxylic acids is 1. The summed E-state index contributed by atoms with van der Waals surface area (Å²) < 4.78 is 0.792. The Morgan fingerprint density at radius 3 is 2.62 bits per heavy atom. The van der Waals surface area contributed by atoms with Crippen LogP contribution in [-0.2, 0) is 17.9 Å². The molecule has 0 saturated carbocycles. The normalized spacial score (nSPS) is 16.1. The molecule has 0 unspecified atom stereocenters. The minimum atomic E-state index is 0.108. The number of nitrogens with one attached hydrogen (secondary N) is 1. The predicted octanol–water partition coefficient (Wildman–Crippen LogP) is 3.61. The average molecular weight is 392 g/mol. The lowest BCUT2D eigenvalue weighted by Crippen LogP contribution is -2.46. The number of thiophene rings is 1. The number of likely N-dealkylation sites (N-methyl/N-ethyl adjacent to an activating group) is 1. The summed E-state index contributed by atoms with van der Waals surface area (Å²) in [6.45, 7) is 4.22. The molecule has 1 aliphatic rings. The quantitative estimate of drug-likeness (QED) is 0.783. The third-order valence-corrected chi connectivity index (χ3v) is 5.89. The van der Waals surface area contributed by atoms with Gasteiger partial charge in [-0.3, -0.25) is 14.6 Å². The number of rotatable bonds is 7. The van der Waals surface area contributed by atoms with Crippen LogP contribution < -0.4 is 5.32 Å². The van der Waals surface area contributed by atoms with Crippen LogP contribution >= 0.6 is 22.9 Å². The van der Waals surface area contributed by atoms with Crippen molar-refractivity contribution in [3.8, 4) is 0 Å². The first-order valence-corrected chi connectivity index (χ1v) is 10.3. The van der Waals surface area contributed by atoms with Crippen LogP contribution in [0.25, 0.3) is 0 Å². The second-order valence-electron chi connectivity index (χ2n) is 6.98. The van der Waals surface area contributed by atoms with Crippen molar-refractivity contribution in [3.63, 3.8) is 0 Å². The number of likely N-dealkylation sites (tertiary alicyclic amines) is 1. The van der Waals surface area contributed by atoms with Gasteiger partial charge in [-0.25, -0.2) is 0 Å². The number of hydrogen-bond acceptors (Lipinski definition) is 4. The highest BCUT2D eigenvalue weighted by atomic mass is 35.5. The van der Waals surface area contributed by atoms with E-state index in [-0.39, 0.29) is 5.91 Å². The fourth-order valence-electron chi connectivity index (χ4n) is 3.35. The van der Waals surface area contributed by atoms with Crippen molar-refractivity contribution in [1.82, 2.24) is 15.1 Å². The molecule has 0 spiro atoms. The summed E-state index contributed by atoms with van der Waals surface area (Å²) in [5.74, 6) is 0.108. The summed E-state index contributed by atoms with van der Waals surface area (Å²) >= 11 is 7.52. The summed E-state index contributed by atoms with van der Waals surface area (Å²) in [6, 6.07) is 14.8. The largest absolute Gasteiger partial charge is 0.352 e. The van der Waals surface area contributed by atoms with Gasteiger partial charge in [0, 0.05) is 37.1 Å². The van der Waals surface area contributed by atoms with Crippen LogP contribution in [0.1, 0.15) is 23.3 Å². The molecule has 1 N–H and O–H groups in total. The monoisotopic (exact) mass is 391 g/mol. The minimum Gasteiger partial charge on any atom is -0.352 e. The van der Waals surface area contributed by atoms with E-state index in [0.29, 0.717) is 12.6 Å². The van der Waals surface area contributed by atoms with E-state index >= 15 is 0 Å². The lowest BCUT2D eigenvalue weighted by atomic mass is 10.0. The van der Waals surface area contributed by atoms with Crippen LogP contribution in [0.2, 0.25) is 4.34 Å². The third-order valence-electron chi connectivity index (χ3n) is 4.67. The summed E-state index contributed by atoms with van der Waals surface area (Å²) in [5, 5.41) is 3.20. The molecule has 26 heavy (non-hydrogen) atoms. The molecule has 0 radical (unpaired) electrons. The van der Waals surface area contributed by atoms with Crippen molar-refractivity contribution >= 4 is 28.8 Å². The maximum Gasteiger partial charge on any atom is 0.234 e. The molecule has 1 aliphatic heterocycles. The van der Waals surface area contributed by atoms with Crippen molar-refractivity contribution in [2.75, 3.05) is 26.7 Å². The molecular weight excluding hydrogens is 366 g/mol. The molecule has 0 atom stereocenters. The van der Waals surface area contributed by atoms with Crippen molar-refractivity contribution < 1.29 is 4.79 Å². The van der Waals surface area contributed by atoms with E-state index in [4.69, 9.17) is 11.6 Å². The van der Waals surface area contributed by atoms with Crippen molar-refractivity contribution in [2.45, 2.75) is 32.0 Å². The van der Waals surface area contributed by atoms with E-state index in [0.717, 1.165) is 43.4 Å². The Hall–Kier alpha value is -1.40. The number of halogens is 1. The Bertz CT molecular complexity index is 698. The smallest absolute Gasteiger partial charge is 0.234 e. The van der Waals surface area contributed by atoms with Crippen LogP contribution in [0.5, 0.6) is 0 Å². The predicted molar refractivity (Wildman–Crippen MR) is 109 cm³/mol. The first-order chi connectivity index (χ1) is 12.6. The molecule has 2 aromatic rings. The second-order valence-corrected chi connectivity index (χ2v) is 8.78. The van der Waals surface area contributed by atoms with E-state index in [1.54, 1.807) is 11.3 Å². The lowest BCUT2D eigenvalue weighted by molar-refractivity contribution is -0.123. The van der Waals surface area contributed by atoms with Gasteiger partial charge < -0.3 is 5.32 Å². The molecule has 2 heterocycles. The van der Waals surface area contributed by atoms with E-state index in [1.165, 1.54) is 10.4 Å². The zero-order valence-electron chi connectivity index (χ0n) is 15.2. The molecule has 6 heteroatoms. The highest BCUT2D eigenvalue weighted by Crippen LogP contribution is 2.22. The zero-order valence-corrected chi connectivity index (χ0v) is 16.7. The van der Waals surface area contributed by atoms with Crippen LogP contribution in [0, 0.1) is 0 Å². The highest BCUT2D eigenvalue weighted by molar-refractivity contribution is 7.16. The fraction of sp³-hybridized carbons (Fsp3) is 0.450. The van der Waals surface area contributed by atoms with Crippen LogP contribution in [0.15, 0.2) is 42.5 Å². The minimum absolute atomic E-state index is 0.108. The number of amides is 1. The number of benzene rings is 1. The molecule has 1 aromatic heterocycles. The summed E-state index contributed by atoms with van der Waals surface area (Å²) in [7, 11) is 1.97. The van der Waals surface area contributed by atoms with E-state index in [2.05, 4.69) is 40.5 Å². The fourth-order valence-corrected chi connectivity index (χ4v) is 4.52. The average Bonchev–Trinajstić information content (AvgIpc) is 3.02. The SMILES string of the molecule is CN(CC(=O)NC1CCN(Cc2ccccc2)CC1)Cc1ccc(Cl)s1. The molecular formula is C20H26ClN3OS. The van der Waals surface area contributed by atoms with Gasteiger partial charge >= 0.3 is 0 Å². The van der Waals surface area contributed by atoms with Gasteiger partial charge in [-0.05, 0) is 37.6 Å². The van der Waals surface area contributed by atoms with Gasteiger partial charge in [0.25, 0.3) is 0 Å². The van der Waals surface area contributed by atoms with Gasteiger partial charge in [0.1, 0.15) is 0 Å². The van der Waals surface area contributed by atoms with Gasteiger partial charge in [0.2, 0.25) is 5.91 Å². The summed E-state index contributed by atoms with van der Waals surface area (Å²) in [4.78, 5) is 18.0. The van der Waals surface area contributed by atoms with Gasteiger partial charge in [-0.15, -0.1) is 11.3 Å². The molecule has 0 bridgehead atoms. The standard InChI is InChI=1S/C20H26ClN3OS/c1-23(14-18-7-8-19(21)26-18)15-20(25)22-17-9-11-24(12-10-17)13-16-5-3-2-4-6-16/h2-8,17H,9-15H2,1H3,(H,22,25). The maximum atomic E-state index is 12.3. The molecule has 1 aromatic carbocycles. The Labute approximate surface area is 164 Å². The topological polar surface area (TPSA) is 35.6 Å². The van der Waals surface area contributed by atoms with E-state index in [1.807, 2.05) is 24.1 Å². The Morgan fingerprint density at radius 2 is 1.96 bits per heavy atom.